The second-order valence-corrected chi connectivity index (χ2v) is 7.56. The van der Waals surface area contributed by atoms with E-state index in [1.54, 1.807) is 6.92 Å². The van der Waals surface area contributed by atoms with E-state index in [9.17, 15) is 8.42 Å². The molecule has 2 unspecified atom stereocenters. The second-order valence-electron chi connectivity index (χ2n) is 3.74. The van der Waals surface area contributed by atoms with E-state index in [0.29, 0.717) is 0 Å². The summed E-state index contributed by atoms with van der Waals surface area (Å²) in [5, 5.41) is 1.51. The smallest absolute Gasteiger partial charge is 0.249 e. The first kappa shape index (κ1) is 14.1. The van der Waals surface area contributed by atoms with Crippen LogP contribution in [0.25, 0.3) is 0 Å². The van der Waals surface area contributed by atoms with Gasteiger partial charge in [0.2, 0.25) is 0 Å². The number of hydrogen-bond donors (Lipinski definition) is 1. The number of aromatic nitrogens is 1. The van der Waals surface area contributed by atoms with Crippen molar-refractivity contribution < 1.29 is 8.42 Å². The Labute approximate surface area is 109 Å². The SMILES string of the molecule is Cc1ncc(S(=O)(=O)NC(C)C(C)CBr)s1. The van der Waals surface area contributed by atoms with Gasteiger partial charge in [-0.2, -0.15) is 0 Å². The summed E-state index contributed by atoms with van der Waals surface area (Å²) in [7, 11) is -3.41. The number of rotatable bonds is 5. The van der Waals surface area contributed by atoms with Crippen LogP contribution in [0, 0.1) is 12.8 Å². The molecule has 0 aliphatic carbocycles. The maximum absolute atomic E-state index is 11.9. The number of hydrogen-bond acceptors (Lipinski definition) is 4. The number of sulfonamides is 1. The Hall–Kier alpha value is 0.0200. The molecule has 0 aromatic carbocycles. The largest absolute Gasteiger partial charge is 0.251 e. The molecule has 0 aliphatic heterocycles. The molecule has 0 fully saturated rings. The predicted octanol–water partition coefficient (Wildman–Crippen LogP) is 2.15. The lowest BCUT2D eigenvalue weighted by Gasteiger charge is -2.18. The molecule has 16 heavy (non-hydrogen) atoms. The molecule has 1 rings (SSSR count). The van der Waals surface area contributed by atoms with Gasteiger partial charge in [-0.05, 0) is 19.8 Å². The van der Waals surface area contributed by atoms with Gasteiger partial charge in [0.25, 0.3) is 10.0 Å². The second kappa shape index (κ2) is 5.57. The van der Waals surface area contributed by atoms with Crippen molar-refractivity contribution in [2.45, 2.75) is 31.0 Å². The Bertz CT molecular complexity index is 444. The molecule has 1 aromatic rings. The van der Waals surface area contributed by atoms with Gasteiger partial charge in [-0.3, -0.25) is 0 Å². The molecule has 0 amide bonds. The van der Waals surface area contributed by atoms with Crippen molar-refractivity contribution in [3.63, 3.8) is 0 Å². The fraction of sp³-hybridized carbons (Fsp3) is 0.667. The molecule has 92 valence electrons. The normalized spacial score (nSPS) is 16.0. The summed E-state index contributed by atoms with van der Waals surface area (Å²) in [4.78, 5) is 3.95. The number of alkyl halides is 1. The molecule has 7 heteroatoms. The minimum atomic E-state index is -3.41. The Morgan fingerprint density at radius 3 is 2.62 bits per heavy atom. The highest BCUT2D eigenvalue weighted by molar-refractivity contribution is 9.09. The molecule has 0 aliphatic rings. The number of thiazole rings is 1. The third-order valence-electron chi connectivity index (χ3n) is 2.30. The maximum atomic E-state index is 11.9. The van der Waals surface area contributed by atoms with Gasteiger partial charge < -0.3 is 0 Å². The van der Waals surface area contributed by atoms with Gasteiger partial charge in [-0.15, -0.1) is 11.3 Å². The molecule has 1 heterocycles. The average Bonchev–Trinajstić information content (AvgIpc) is 2.63. The lowest BCUT2D eigenvalue weighted by Crippen LogP contribution is -2.37. The summed E-state index contributed by atoms with van der Waals surface area (Å²) in [5.41, 5.74) is 0. The summed E-state index contributed by atoms with van der Waals surface area (Å²) < 4.78 is 26.8. The third-order valence-corrected chi connectivity index (χ3v) is 6.26. The predicted molar refractivity (Wildman–Crippen MR) is 69.6 cm³/mol. The summed E-state index contributed by atoms with van der Waals surface area (Å²) in [6.07, 6.45) is 1.40. The molecule has 0 radical (unpaired) electrons. The molecular weight excluding hydrogens is 312 g/mol. The van der Waals surface area contributed by atoms with Crippen LogP contribution >= 0.6 is 27.3 Å². The molecule has 1 N–H and O–H groups in total. The summed E-state index contributed by atoms with van der Waals surface area (Å²) in [6, 6.07) is -0.105. The van der Waals surface area contributed by atoms with Crippen molar-refractivity contribution >= 4 is 37.3 Å². The van der Waals surface area contributed by atoms with E-state index in [4.69, 9.17) is 0 Å². The van der Waals surface area contributed by atoms with Crippen molar-refractivity contribution in [1.29, 1.82) is 0 Å². The highest BCUT2D eigenvalue weighted by Gasteiger charge is 2.22. The molecule has 0 saturated carbocycles. The van der Waals surface area contributed by atoms with E-state index in [1.807, 2.05) is 13.8 Å². The zero-order valence-electron chi connectivity index (χ0n) is 9.40. The third kappa shape index (κ3) is 3.51. The Kier molecular flexibility index (Phi) is 4.90. The lowest BCUT2D eigenvalue weighted by molar-refractivity contribution is 0.485. The molecule has 1 aromatic heterocycles. The zero-order chi connectivity index (χ0) is 12.3. The van der Waals surface area contributed by atoms with Crippen LogP contribution in [0.4, 0.5) is 0 Å². The van der Waals surface area contributed by atoms with Gasteiger partial charge in [0.15, 0.2) is 4.21 Å². The van der Waals surface area contributed by atoms with E-state index < -0.39 is 10.0 Å². The minimum Gasteiger partial charge on any atom is -0.249 e. The van der Waals surface area contributed by atoms with Gasteiger partial charge in [0.05, 0.1) is 11.2 Å². The first-order valence-corrected chi connectivity index (χ1v) is 8.29. The Morgan fingerprint density at radius 2 is 2.19 bits per heavy atom. The van der Waals surface area contributed by atoms with E-state index >= 15 is 0 Å². The highest BCUT2D eigenvalue weighted by atomic mass is 79.9. The number of nitrogens with zero attached hydrogens (tertiary/aromatic N) is 1. The molecule has 0 spiro atoms. The van der Waals surface area contributed by atoms with Gasteiger partial charge in [0.1, 0.15) is 0 Å². The molecule has 0 bridgehead atoms. The van der Waals surface area contributed by atoms with E-state index in [0.717, 1.165) is 10.3 Å². The summed E-state index contributed by atoms with van der Waals surface area (Å²) >= 11 is 4.52. The van der Waals surface area contributed by atoms with Gasteiger partial charge in [0, 0.05) is 11.4 Å². The number of aryl methyl sites for hydroxylation is 1. The first-order valence-electron chi connectivity index (χ1n) is 4.87. The van der Waals surface area contributed by atoms with Crippen LogP contribution in [0.5, 0.6) is 0 Å². The fourth-order valence-electron chi connectivity index (χ4n) is 1.02. The maximum Gasteiger partial charge on any atom is 0.251 e. The average molecular weight is 327 g/mol. The monoisotopic (exact) mass is 326 g/mol. The van der Waals surface area contributed by atoms with Crippen LogP contribution in [0.3, 0.4) is 0 Å². The Morgan fingerprint density at radius 1 is 1.56 bits per heavy atom. The van der Waals surface area contributed by atoms with E-state index in [1.165, 1.54) is 17.5 Å². The molecule has 4 nitrogen and oxygen atoms in total. The summed E-state index contributed by atoms with van der Waals surface area (Å²) in [6.45, 7) is 5.63. The van der Waals surface area contributed by atoms with E-state index in [2.05, 4.69) is 25.6 Å². The topological polar surface area (TPSA) is 59.1 Å². The zero-order valence-corrected chi connectivity index (χ0v) is 12.6. The fourth-order valence-corrected chi connectivity index (χ4v) is 4.06. The van der Waals surface area contributed by atoms with E-state index in [-0.39, 0.29) is 16.2 Å². The van der Waals surface area contributed by atoms with Crippen LogP contribution in [0.2, 0.25) is 0 Å². The van der Waals surface area contributed by atoms with Crippen molar-refractivity contribution in [2.75, 3.05) is 5.33 Å². The van der Waals surface area contributed by atoms with Gasteiger partial charge >= 0.3 is 0 Å². The first-order chi connectivity index (χ1) is 7.36. The minimum absolute atomic E-state index is 0.105. The Balaban J connectivity index is 2.80. The number of nitrogens with one attached hydrogen (secondary N) is 1. The van der Waals surface area contributed by atoms with Crippen molar-refractivity contribution in [2.24, 2.45) is 5.92 Å². The van der Waals surface area contributed by atoms with Crippen LogP contribution in [0.15, 0.2) is 10.4 Å². The lowest BCUT2D eigenvalue weighted by atomic mass is 10.1. The molecule has 2 atom stereocenters. The summed E-state index contributed by atoms with van der Waals surface area (Å²) in [5.74, 6) is 0.240. The van der Waals surface area contributed by atoms with Crippen LogP contribution in [0.1, 0.15) is 18.9 Å². The highest BCUT2D eigenvalue weighted by Crippen LogP contribution is 2.19. The van der Waals surface area contributed by atoms with Crippen LogP contribution in [-0.2, 0) is 10.0 Å². The van der Waals surface area contributed by atoms with Gasteiger partial charge in [-0.1, -0.05) is 22.9 Å². The quantitative estimate of drug-likeness (QED) is 0.843. The van der Waals surface area contributed by atoms with Crippen molar-refractivity contribution in [3.05, 3.63) is 11.2 Å². The van der Waals surface area contributed by atoms with Crippen molar-refractivity contribution in [3.8, 4) is 0 Å². The standard InChI is InChI=1S/C9H15BrN2O2S2/c1-6(4-10)7(2)12-16(13,14)9-5-11-8(3)15-9/h5-7,12H,4H2,1-3H3. The van der Waals surface area contributed by atoms with Crippen molar-refractivity contribution in [1.82, 2.24) is 9.71 Å². The molecular formula is C9H15BrN2O2S2. The van der Waals surface area contributed by atoms with Crippen LogP contribution < -0.4 is 4.72 Å². The molecule has 0 saturated heterocycles. The van der Waals surface area contributed by atoms with Gasteiger partial charge in [-0.25, -0.2) is 18.1 Å². The van der Waals surface area contributed by atoms with Crippen LogP contribution in [-0.4, -0.2) is 24.8 Å². The number of halogens is 1.